The van der Waals surface area contributed by atoms with Crippen molar-refractivity contribution >= 4 is 5.91 Å². The normalized spacial score (nSPS) is 34.0. The van der Waals surface area contributed by atoms with Crippen LogP contribution in [0.3, 0.4) is 0 Å². The van der Waals surface area contributed by atoms with E-state index in [0.29, 0.717) is 19.6 Å². The van der Waals surface area contributed by atoms with Gasteiger partial charge in [0, 0.05) is 30.9 Å². The predicted molar refractivity (Wildman–Crippen MR) is 131 cm³/mol. The standard InChI is InChI=1S/C29H37NO4/c31-25-18-27(21-8-3-1-4-9-21)34-26-14-16-29(15-13-24(25)26,23-11-5-2-6-12-23)20-30-28(32)22-10-7-17-33-19-22/h1-6,8-9,11-12,22,24-27,31H,7,10,13-20H2,(H,30,32)/t22-,24-,25+,26+,27+,29+/m1/s1. The van der Waals surface area contributed by atoms with Gasteiger partial charge in [-0.05, 0) is 49.7 Å². The third-order valence-electron chi connectivity index (χ3n) is 8.32. The van der Waals surface area contributed by atoms with Crippen molar-refractivity contribution in [2.24, 2.45) is 11.8 Å². The van der Waals surface area contributed by atoms with E-state index in [4.69, 9.17) is 9.47 Å². The lowest BCUT2D eigenvalue weighted by Crippen LogP contribution is -2.44. The second-order valence-electron chi connectivity index (χ2n) is 10.4. The largest absolute Gasteiger partial charge is 0.393 e. The van der Waals surface area contributed by atoms with Gasteiger partial charge in [-0.1, -0.05) is 60.7 Å². The van der Waals surface area contributed by atoms with E-state index < -0.39 is 0 Å². The molecule has 0 spiro atoms. The molecule has 0 unspecified atom stereocenters. The number of nitrogens with one attached hydrogen (secondary N) is 1. The highest BCUT2D eigenvalue weighted by Gasteiger charge is 2.44. The molecule has 2 heterocycles. The third-order valence-corrected chi connectivity index (χ3v) is 8.32. The molecule has 34 heavy (non-hydrogen) atoms. The van der Waals surface area contributed by atoms with Crippen molar-refractivity contribution in [3.05, 3.63) is 71.8 Å². The lowest BCUT2D eigenvalue weighted by atomic mass is 9.73. The highest BCUT2D eigenvalue weighted by Crippen LogP contribution is 2.46. The van der Waals surface area contributed by atoms with Gasteiger partial charge in [-0.25, -0.2) is 0 Å². The third kappa shape index (κ3) is 5.07. The molecule has 5 nitrogen and oxygen atoms in total. The second kappa shape index (κ2) is 10.6. The number of rotatable bonds is 5. The maximum absolute atomic E-state index is 12.9. The highest BCUT2D eigenvalue weighted by atomic mass is 16.5. The quantitative estimate of drug-likeness (QED) is 0.683. The van der Waals surface area contributed by atoms with Crippen LogP contribution in [0.5, 0.6) is 0 Å². The number of ether oxygens (including phenoxy) is 2. The summed E-state index contributed by atoms with van der Waals surface area (Å²) in [7, 11) is 0. The molecule has 0 radical (unpaired) electrons. The minimum Gasteiger partial charge on any atom is -0.393 e. The van der Waals surface area contributed by atoms with Gasteiger partial charge in [0.25, 0.3) is 0 Å². The topological polar surface area (TPSA) is 67.8 Å². The summed E-state index contributed by atoms with van der Waals surface area (Å²) >= 11 is 0. The summed E-state index contributed by atoms with van der Waals surface area (Å²) in [5.74, 6) is 0.191. The summed E-state index contributed by atoms with van der Waals surface area (Å²) in [4.78, 5) is 12.9. The Bertz CT molecular complexity index is 930. The first-order chi connectivity index (χ1) is 16.6. The molecule has 2 aromatic carbocycles. The van der Waals surface area contributed by atoms with Crippen molar-refractivity contribution in [3.63, 3.8) is 0 Å². The van der Waals surface area contributed by atoms with Crippen LogP contribution in [0.2, 0.25) is 0 Å². The molecule has 1 saturated carbocycles. The Labute approximate surface area is 202 Å². The molecule has 0 bridgehead atoms. The maximum atomic E-state index is 12.9. The van der Waals surface area contributed by atoms with Crippen LogP contribution in [0.1, 0.15) is 62.2 Å². The zero-order valence-corrected chi connectivity index (χ0v) is 19.9. The van der Waals surface area contributed by atoms with Crippen molar-refractivity contribution in [2.75, 3.05) is 19.8 Å². The lowest BCUT2D eigenvalue weighted by Gasteiger charge is -2.39. The number of aliphatic hydroxyl groups is 1. The fourth-order valence-electron chi connectivity index (χ4n) is 6.25. The monoisotopic (exact) mass is 463 g/mol. The Kier molecular flexibility index (Phi) is 7.33. The van der Waals surface area contributed by atoms with Gasteiger partial charge >= 0.3 is 0 Å². The molecular weight excluding hydrogens is 426 g/mol. The van der Waals surface area contributed by atoms with E-state index in [1.54, 1.807) is 0 Å². The summed E-state index contributed by atoms with van der Waals surface area (Å²) in [6.45, 7) is 1.89. The van der Waals surface area contributed by atoms with Gasteiger partial charge in [-0.3, -0.25) is 4.79 Å². The van der Waals surface area contributed by atoms with Gasteiger partial charge in [-0.2, -0.15) is 0 Å². The molecule has 0 aromatic heterocycles. The second-order valence-corrected chi connectivity index (χ2v) is 10.4. The Hall–Kier alpha value is -2.21. The summed E-state index contributed by atoms with van der Waals surface area (Å²) in [5, 5.41) is 14.4. The number of aliphatic hydroxyl groups excluding tert-OH is 1. The van der Waals surface area contributed by atoms with E-state index in [-0.39, 0.29) is 41.5 Å². The van der Waals surface area contributed by atoms with E-state index in [0.717, 1.165) is 50.7 Å². The molecule has 1 amide bonds. The van der Waals surface area contributed by atoms with E-state index >= 15 is 0 Å². The van der Waals surface area contributed by atoms with Crippen LogP contribution in [-0.2, 0) is 19.7 Å². The molecule has 5 rings (SSSR count). The zero-order chi connectivity index (χ0) is 23.4. The highest BCUT2D eigenvalue weighted by molar-refractivity contribution is 5.79. The summed E-state index contributed by atoms with van der Waals surface area (Å²) in [6, 6.07) is 20.9. The fourth-order valence-corrected chi connectivity index (χ4v) is 6.25. The Morgan fingerprint density at radius 1 is 1.00 bits per heavy atom. The van der Waals surface area contributed by atoms with Gasteiger partial charge in [0.05, 0.1) is 30.8 Å². The minimum absolute atomic E-state index is 0.0296. The van der Waals surface area contributed by atoms with Crippen LogP contribution in [0.15, 0.2) is 60.7 Å². The molecule has 2 N–H and O–H groups in total. The van der Waals surface area contributed by atoms with E-state index in [1.165, 1.54) is 5.56 Å². The van der Waals surface area contributed by atoms with Gasteiger partial charge in [0.1, 0.15) is 0 Å². The molecule has 2 aromatic rings. The number of amides is 1. The number of hydrogen-bond acceptors (Lipinski definition) is 4. The molecule has 3 fully saturated rings. The molecule has 1 aliphatic carbocycles. The first-order valence-corrected chi connectivity index (χ1v) is 12.9. The first kappa shape index (κ1) is 23.5. The van der Waals surface area contributed by atoms with Crippen LogP contribution in [0, 0.1) is 11.8 Å². The van der Waals surface area contributed by atoms with Crippen LogP contribution in [0.25, 0.3) is 0 Å². The van der Waals surface area contributed by atoms with Gasteiger partial charge in [-0.15, -0.1) is 0 Å². The molecule has 2 aliphatic heterocycles. The molecule has 2 saturated heterocycles. The van der Waals surface area contributed by atoms with Gasteiger partial charge in [0.2, 0.25) is 5.91 Å². The summed E-state index contributed by atoms with van der Waals surface area (Å²) in [6.07, 6.45) is 5.70. The zero-order valence-electron chi connectivity index (χ0n) is 19.9. The van der Waals surface area contributed by atoms with Crippen LogP contribution >= 0.6 is 0 Å². The molecule has 5 heteroatoms. The fraction of sp³-hybridized carbons (Fsp3) is 0.552. The predicted octanol–water partition coefficient (Wildman–Crippen LogP) is 4.55. The number of fused-ring (bicyclic) bond motifs is 1. The number of carbonyl (C=O) groups is 1. The molecule has 6 atom stereocenters. The molecular formula is C29H37NO4. The van der Waals surface area contributed by atoms with Crippen molar-refractivity contribution in [1.82, 2.24) is 5.32 Å². The van der Waals surface area contributed by atoms with Crippen molar-refractivity contribution in [2.45, 2.75) is 68.7 Å². The Balaban J connectivity index is 1.33. The smallest absolute Gasteiger partial charge is 0.225 e. The Morgan fingerprint density at radius 2 is 1.74 bits per heavy atom. The molecule has 182 valence electrons. The summed E-state index contributed by atoms with van der Waals surface area (Å²) in [5.41, 5.74) is 2.25. The van der Waals surface area contributed by atoms with Crippen molar-refractivity contribution in [1.29, 1.82) is 0 Å². The van der Waals surface area contributed by atoms with Crippen LogP contribution in [-0.4, -0.2) is 43.0 Å². The number of hydrogen-bond donors (Lipinski definition) is 2. The number of benzene rings is 2. The maximum Gasteiger partial charge on any atom is 0.225 e. The van der Waals surface area contributed by atoms with Crippen LogP contribution in [0.4, 0.5) is 0 Å². The summed E-state index contributed by atoms with van der Waals surface area (Å²) < 4.78 is 12.2. The molecule has 3 aliphatic rings. The van der Waals surface area contributed by atoms with Gasteiger partial charge < -0.3 is 19.9 Å². The van der Waals surface area contributed by atoms with Crippen LogP contribution < -0.4 is 5.32 Å². The SMILES string of the molecule is O=C(NC[C@]1(c2ccccc2)CC[C@H]2[C@H](CC1)O[C@H](c1ccccc1)C[C@@H]2O)[C@@H]1CCCOC1. The van der Waals surface area contributed by atoms with Gasteiger partial charge in [0.15, 0.2) is 0 Å². The van der Waals surface area contributed by atoms with E-state index in [1.807, 2.05) is 24.3 Å². The number of carbonyl (C=O) groups excluding carboxylic acids is 1. The average Bonchev–Trinajstić information content (AvgIpc) is 3.10. The van der Waals surface area contributed by atoms with Crippen molar-refractivity contribution in [3.8, 4) is 0 Å². The Morgan fingerprint density at radius 3 is 2.47 bits per heavy atom. The van der Waals surface area contributed by atoms with E-state index in [2.05, 4.69) is 41.7 Å². The minimum atomic E-state index is -0.371. The average molecular weight is 464 g/mol. The van der Waals surface area contributed by atoms with Crippen molar-refractivity contribution < 1.29 is 19.4 Å². The van der Waals surface area contributed by atoms with E-state index in [9.17, 15) is 9.90 Å². The first-order valence-electron chi connectivity index (χ1n) is 12.9. The lowest BCUT2D eigenvalue weighted by molar-refractivity contribution is -0.139.